The van der Waals surface area contributed by atoms with Gasteiger partial charge in [0.25, 0.3) is 0 Å². The number of benzene rings is 1. The molecule has 0 atom stereocenters. The molecule has 2 fully saturated rings. The van der Waals surface area contributed by atoms with Crippen molar-refractivity contribution in [2.75, 3.05) is 45.8 Å². The van der Waals surface area contributed by atoms with E-state index in [-0.39, 0.29) is 17.6 Å². The van der Waals surface area contributed by atoms with Crippen LogP contribution in [0.15, 0.2) is 24.3 Å². The molecule has 0 saturated carbocycles. The quantitative estimate of drug-likeness (QED) is 0.764. The fourth-order valence-electron chi connectivity index (χ4n) is 3.98. The SMILES string of the molecule is CCN1CCN(C(=O)C2CCN(S(=O)(=O)Cc3ccccc3C)CC2)CC1. The van der Waals surface area contributed by atoms with Gasteiger partial charge in [-0.15, -0.1) is 0 Å². The Hall–Kier alpha value is -1.44. The second-order valence-corrected chi connectivity index (χ2v) is 9.58. The molecule has 6 nitrogen and oxygen atoms in total. The van der Waals surface area contributed by atoms with Crippen molar-refractivity contribution in [1.29, 1.82) is 0 Å². The average Bonchev–Trinajstić information content (AvgIpc) is 2.69. The summed E-state index contributed by atoms with van der Waals surface area (Å²) in [6.45, 7) is 9.45. The highest BCUT2D eigenvalue weighted by Crippen LogP contribution is 2.24. The lowest BCUT2D eigenvalue weighted by Gasteiger charge is -2.38. The minimum Gasteiger partial charge on any atom is -0.340 e. The van der Waals surface area contributed by atoms with E-state index >= 15 is 0 Å². The summed E-state index contributed by atoms with van der Waals surface area (Å²) in [7, 11) is -3.34. The van der Waals surface area contributed by atoms with Crippen molar-refractivity contribution in [3.8, 4) is 0 Å². The average molecular weight is 394 g/mol. The van der Waals surface area contributed by atoms with Crippen LogP contribution in [-0.2, 0) is 20.6 Å². The highest BCUT2D eigenvalue weighted by atomic mass is 32.2. The van der Waals surface area contributed by atoms with Gasteiger partial charge in [-0.3, -0.25) is 4.79 Å². The fraction of sp³-hybridized carbons (Fsp3) is 0.650. The Morgan fingerprint density at radius 3 is 2.26 bits per heavy atom. The van der Waals surface area contributed by atoms with Crippen molar-refractivity contribution >= 4 is 15.9 Å². The van der Waals surface area contributed by atoms with E-state index in [1.165, 1.54) is 0 Å². The maximum absolute atomic E-state index is 12.8. The van der Waals surface area contributed by atoms with Gasteiger partial charge in [0.05, 0.1) is 5.75 Å². The van der Waals surface area contributed by atoms with Crippen LogP contribution in [0, 0.1) is 12.8 Å². The van der Waals surface area contributed by atoms with Crippen LogP contribution in [0.1, 0.15) is 30.9 Å². The van der Waals surface area contributed by atoms with Crippen LogP contribution in [0.2, 0.25) is 0 Å². The Morgan fingerprint density at radius 2 is 1.67 bits per heavy atom. The molecule has 2 aliphatic rings. The summed E-state index contributed by atoms with van der Waals surface area (Å²) in [5.74, 6) is 0.210. The Bertz CT molecular complexity index is 749. The number of rotatable bonds is 5. The van der Waals surface area contributed by atoms with E-state index in [4.69, 9.17) is 0 Å². The third-order valence-electron chi connectivity index (χ3n) is 5.93. The molecule has 150 valence electrons. The topological polar surface area (TPSA) is 60.9 Å². The molecule has 0 spiro atoms. The summed E-state index contributed by atoms with van der Waals surface area (Å²) in [4.78, 5) is 17.1. The van der Waals surface area contributed by atoms with E-state index in [0.717, 1.165) is 43.9 Å². The summed E-state index contributed by atoms with van der Waals surface area (Å²) in [5.41, 5.74) is 1.85. The first-order valence-corrected chi connectivity index (χ1v) is 11.5. The van der Waals surface area contributed by atoms with Crippen LogP contribution in [0.4, 0.5) is 0 Å². The normalized spacial score (nSPS) is 20.7. The number of hydrogen-bond donors (Lipinski definition) is 0. The molecule has 3 rings (SSSR count). The van der Waals surface area contributed by atoms with Crippen molar-refractivity contribution < 1.29 is 13.2 Å². The molecule has 1 aromatic rings. The fourth-order valence-corrected chi connectivity index (χ4v) is 5.65. The first-order valence-electron chi connectivity index (χ1n) is 9.94. The van der Waals surface area contributed by atoms with Gasteiger partial charge in [-0.1, -0.05) is 31.2 Å². The lowest BCUT2D eigenvalue weighted by molar-refractivity contribution is -0.138. The largest absolute Gasteiger partial charge is 0.340 e. The number of carbonyl (C=O) groups excluding carboxylic acids is 1. The van der Waals surface area contributed by atoms with E-state index in [1.54, 1.807) is 4.31 Å². The first kappa shape index (κ1) is 20.3. The third-order valence-corrected chi connectivity index (χ3v) is 7.75. The van der Waals surface area contributed by atoms with Crippen LogP contribution in [0.3, 0.4) is 0 Å². The van der Waals surface area contributed by atoms with Gasteiger partial charge in [0, 0.05) is 45.2 Å². The van der Waals surface area contributed by atoms with Gasteiger partial charge >= 0.3 is 0 Å². The predicted octanol–water partition coefficient (Wildman–Crippen LogP) is 1.70. The number of aryl methyl sites for hydroxylation is 1. The highest BCUT2D eigenvalue weighted by molar-refractivity contribution is 7.88. The van der Waals surface area contributed by atoms with Gasteiger partial charge < -0.3 is 9.80 Å². The Labute approximate surface area is 163 Å². The molecule has 1 amide bonds. The lowest BCUT2D eigenvalue weighted by atomic mass is 9.96. The van der Waals surface area contributed by atoms with E-state index in [0.29, 0.717) is 25.9 Å². The van der Waals surface area contributed by atoms with E-state index in [1.807, 2.05) is 36.1 Å². The number of piperazine rings is 1. The van der Waals surface area contributed by atoms with E-state index < -0.39 is 10.0 Å². The minimum atomic E-state index is -3.34. The zero-order valence-electron chi connectivity index (χ0n) is 16.4. The number of piperidine rings is 1. The van der Waals surface area contributed by atoms with Gasteiger partial charge in [0.1, 0.15) is 0 Å². The predicted molar refractivity (Wildman–Crippen MR) is 107 cm³/mol. The molecule has 0 aromatic heterocycles. The van der Waals surface area contributed by atoms with Gasteiger partial charge in [-0.25, -0.2) is 12.7 Å². The molecule has 7 heteroatoms. The van der Waals surface area contributed by atoms with Crippen molar-refractivity contribution in [2.24, 2.45) is 5.92 Å². The molecule has 0 aliphatic carbocycles. The Balaban J connectivity index is 1.54. The van der Waals surface area contributed by atoms with Crippen LogP contribution in [0.25, 0.3) is 0 Å². The molecular formula is C20H31N3O3S. The van der Waals surface area contributed by atoms with Crippen molar-refractivity contribution in [3.63, 3.8) is 0 Å². The van der Waals surface area contributed by atoms with Crippen LogP contribution in [0.5, 0.6) is 0 Å². The number of amides is 1. The van der Waals surface area contributed by atoms with Crippen molar-refractivity contribution in [2.45, 2.75) is 32.4 Å². The van der Waals surface area contributed by atoms with E-state index in [9.17, 15) is 13.2 Å². The Morgan fingerprint density at radius 1 is 1.04 bits per heavy atom. The van der Waals surface area contributed by atoms with Crippen LogP contribution < -0.4 is 0 Å². The van der Waals surface area contributed by atoms with Gasteiger partial charge in [-0.2, -0.15) is 0 Å². The summed E-state index contributed by atoms with van der Waals surface area (Å²) >= 11 is 0. The number of nitrogens with zero attached hydrogens (tertiary/aromatic N) is 3. The first-order chi connectivity index (χ1) is 12.9. The lowest BCUT2D eigenvalue weighted by Crippen LogP contribution is -2.51. The molecule has 2 saturated heterocycles. The third kappa shape index (κ3) is 4.89. The second-order valence-electron chi connectivity index (χ2n) is 7.62. The van der Waals surface area contributed by atoms with Crippen LogP contribution in [-0.4, -0.2) is 74.2 Å². The standard InChI is InChI=1S/C20H31N3O3S/c1-3-21-12-14-22(15-13-21)20(24)18-8-10-23(11-9-18)27(25,26)16-19-7-5-4-6-17(19)2/h4-7,18H,3,8-16H2,1-2H3. The smallest absolute Gasteiger partial charge is 0.225 e. The van der Waals surface area contributed by atoms with E-state index in [2.05, 4.69) is 11.8 Å². The molecule has 0 bridgehead atoms. The molecular weight excluding hydrogens is 362 g/mol. The molecule has 2 heterocycles. The number of carbonyl (C=O) groups is 1. The van der Waals surface area contributed by atoms with Crippen molar-refractivity contribution in [1.82, 2.24) is 14.1 Å². The molecule has 0 N–H and O–H groups in total. The minimum absolute atomic E-state index is 0.0388. The zero-order chi connectivity index (χ0) is 19.4. The number of sulfonamides is 1. The summed E-state index contributed by atoms with van der Waals surface area (Å²) in [6.07, 6.45) is 1.25. The maximum atomic E-state index is 12.8. The molecule has 1 aromatic carbocycles. The molecule has 0 unspecified atom stereocenters. The van der Waals surface area contributed by atoms with Gasteiger partial charge in [0.2, 0.25) is 15.9 Å². The Kier molecular flexibility index (Phi) is 6.55. The number of hydrogen-bond acceptors (Lipinski definition) is 4. The number of likely N-dealkylation sites (N-methyl/N-ethyl adjacent to an activating group) is 1. The summed E-state index contributed by atoms with van der Waals surface area (Å²) in [5, 5.41) is 0. The van der Waals surface area contributed by atoms with Crippen molar-refractivity contribution in [3.05, 3.63) is 35.4 Å². The van der Waals surface area contributed by atoms with Gasteiger partial charge in [0.15, 0.2) is 0 Å². The van der Waals surface area contributed by atoms with Gasteiger partial charge in [-0.05, 0) is 37.4 Å². The summed E-state index contributed by atoms with van der Waals surface area (Å²) < 4.78 is 27.1. The maximum Gasteiger partial charge on any atom is 0.225 e. The monoisotopic (exact) mass is 393 g/mol. The second kappa shape index (κ2) is 8.71. The molecule has 27 heavy (non-hydrogen) atoms. The molecule has 2 aliphatic heterocycles. The zero-order valence-corrected chi connectivity index (χ0v) is 17.2. The van der Waals surface area contributed by atoms with Crippen LogP contribution >= 0.6 is 0 Å². The molecule has 0 radical (unpaired) electrons. The highest BCUT2D eigenvalue weighted by Gasteiger charge is 2.34. The summed E-state index contributed by atoms with van der Waals surface area (Å²) in [6, 6.07) is 7.61.